The molecular formula is C14H21N3O3S. The third-order valence-corrected chi connectivity index (χ3v) is 3.03. The molecule has 0 radical (unpaired) electrons. The summed E-state index contributed by atoms with van der Waals surface area (Å²) in [6, 6.07) is 6.90. The van der Waals surface area contributed by atoms with Crippen LogP contribution < -0.4 is 15.8 Å². The van der Waals surface area contributed by atoms with Gasteiger partial charge in [-0.25, -0.2) is 4.79 Å². The fourth-order valence-electron chi connectivity index (χ4n) is 1.64. The summed E-state index contributed by atoms with van der Waals surface area (Å²) in [6.07, 6.45) is 0.481. The van der Waals surface area contributed by atoms with Crippen molar-refractivity contribution in [2.75, 3.05) is 39.2 Å². The summed E-state index contributed by atoms with van der Waals surface area (Å²) in [5, 5.41) is 2.82. The zero-order valence-electron chi connectivity index (χ0n) is 12.3. The predicted octanol–water partition coefficient (Wildman–Crippen LogP) is 1.85. The molecule has 0 aliphatic carbocycles. The summed E-state index contributed by atoms with van der Waals surface area (Å²) in [5.74, 6) is 0.734. The lowest BCUT2D eigenvalue weighted by Crippen LogP contribution is -2.39. The molecule has 0 saturated carbocycles. The van der Waals surface area contributed by atoms with E-state index in [4.69, 9.17) is 27.4 Å². The van der Waals surface area contributed by atoms with E-state index in [9.17, 15) is 4.79 Å². The highest BCUT2D eigenvalue weighted by atomic mass is 32.1. The fourth-order valence-corrected chi connectivity index (χ4v) is 1.73. The van der Waals surface area contributed by atoms with Crippen LogP contribution in [0.3, 0.4) is 0 Å². The van der Waals surface area contributed by atoms with Crippen molar-refractivity contribution in [1.29, 1.82) is 0 Å². The minimum absolute atomic E-state index is 0.214. The zero-order valence-corrected chi connectivity index (χ0v) is 13.1. The van der Waals surface area contributed by atoms with Gasteiger partial charge in [0.15, 0.2) is 0 Å². The number of methoxy groups -OCH3 is 2. The minimum Gasteiger partial charge on any atom is -0.497 e. The molecule has 0 fully saturated rings. The number of nitrogens with one attached hydrogen (secondary N) is 1. The van der Waals surface area contributed by atoms with Crippen LogP contribution in [0.1, 0.15) is 6.42 Å². The van der Waals surface area contributed by atoms with E-state index in [-0.39, 0.29) is 6.03 Å². The van der Waals surface area contributed by atoms with E-state index < -0.39 is 0 Å². The van der Waals surface area contributed by atoms with Crippen molar-refractivity contribution >= 4 is 28.9 Å². The van der Waals surface area contributed by atoms with Gasteiger partial charge < -0.3 is 25.4 Å². The number of anilines is 1. The number of benzene rings is 1. The summed E-state index contributed by atoms with van der Waals surface area (Å²) in [7, 11) is 3.18. The summed E-state index contributed by atoms with van der Waals surface area (Å²) in [4.78, 5) is 14.2. The molecule has 1 aromatic rings. The predicted molar refractivity (Wildman–Crippen MR) is 86.9 cm³/mol. The van der Waals surface area contributed by atoms with Gasteiger partial charge in [-0.05, 0) is 24.3 Å². The summed E-state index contributed by atoms with van der Waals surface area (Å²) >= 11 is 4.84. The van der Waals surface area contributed by atoms with Crippen LogP contribution in [0.25, 0.3) is 0 Å². The maximum atomic E-state index is 12.2. The van der Waals surface area contributed by atoms with Crippen molar-refractivity contribution in [2.45, 2.75) is 6.42 Å². The maximum Gasteiger partial charge on any atom is 0.321 e. The molecule has 3 N–H and O–H groups in total. The molecule has 0 bridgehead atoms. The smallest absolute Gasteiger partial charge is 0.321 e. The molecule has 0 atom stereocenters. The first-order chi connectivity index (χ1) is 10.1. The molecule has 0 aliphatic rings. The van der Waals surface area contributed by atoms with Crippen molar-refractivity contribution in [3.63, 3.8) is 0 Å². The number of carbonyl (C=O) groups is 1. The summed E-state index contributed by atoms with van der Waals surface area (Å²) in [6.45, 7) is 1.38. The lowest BCUT2D eigenvalue weighted by molar-refractivity contribution is 0.156. The molecule has 0 spiro atoms. The van der Waals surface area contributed by atoms with Gasteiger partial charge in [-0.2, -0.15) is 0 Å². The molecule has 0 aromatic heterocycles. The normalized spacial score (nSPS) is 10.0. The third kappa shape index (κ3) is 6.42. The third-order valence-electron chi connectivity index (χ3n) is 2.82. The molecule has 7 heteroatoms. The number of urea groups is 1. The van der Waals surface area contributed by atoms with E-state index in [1.54, 1.807) is 43.4 Å². The second kappa shape index (κ2) is 9.15. The first-order valence-electron chi connectivity index (χ1n) is 6.54. The standard InChI is InChI=1S/C14H21N3O3S/c1-19-10-9-17(8-7-13(15)21)14(18)16-11-3-5-12(20-2)6-4-11/h3-6H,7-10H2,1-2H3,(H2,15,21)(H,16,18). The SMILES string of the molecule is COCCN(CCC(N)=S)C(=O)Nc1ccc(OC)cc1. The first kappa shape index (κ1) is 17.2. The number of nitrogens with zero attached hydrogens (tertiary/aromatic N) is 1. The van der Waals surface area contributed by atoms with E-state index in [1.165, 1.54) is 0 Å². The average Bonchev–Trinajstić information content (AvgIpc) is 2.47. The zero-order chi connectivity index (χ0) is 15.7. The Hall–Kier alpha value is -1.86. The number of rotatable bonds is 8. The van der Waals surface area contributed by atoms with Crippen molar-refractivity contribution in [1.82, 2.24) is 4.90 Å². The highest BCUT2D eigenvalue weighted by Gasteiger charge is 2.13. The molecule has 21 heavy (non-hydrogen) atoms. The Morgan fingerprint density at radius 1 is 1.29 bits per heavy atom. The van der Waals surface area contributed by atoms with Crippen molar-refractivity contribution in [3.8, 4) is 5.75 Å². The number of hydrogen-bond acceptors (Lipinski definition) is 4. The van der Waals surface area contributed by atoms with Crippen molar-refractivity contribution in [2.24, 2.45) is 5.73 Å². The number of thiocarbonyl (C=S) groups is 1. The molecule has 0 saturated heterocycles. The minimum atomic E-state index is -0.214. The highest BCUT2D eigenvalue weighted by Crippen LogP contribution is 2.15. The molecule has 0 unspecified atom stereocenters. The van der Waals surface area contributed by atoms with Gasteiger partial charge in [-0.1, -0.05) is 12.2 Å². The molecule has 0 heterocycles. The molecule has 1 rings (SSSR count). The van der Waals surface area contributed by atoms with Crippen LogP contribution in [-0.4, -0.2) is 49.8 Å². The van der Waals surface area contributed by atoms with Crippen LogP contribution in [-0.2, 0) is 4.74 Å². The van der Waals surface area contributed by atoms with Crippen LogP contribution in [0.4, 0.5) is 10.5 Å². The van der Waals surface area contributed by atoms with Crippen LogP contribution in [0.15, 0.2) is 24.3 Å². The molecule has 6 nitrogen and oxygen atoms in total. The number of nitrogens with two attached hydrogens (primary N) is 1. The number of amides is 2. The second-order valence-electron chi connectivity index (χ2n) is 4.35. The van der Waals surface area contributed by atoms with Gasteiger partial charge in [0.1, 0.15) is 5.75 Å². The van der Waals surface area contributed by atoms with Gasteiger partial charge in [0.2, 0.25) is 0 Å². The molecular weight excluding hydrogens is 290 g/mol. The lowest BCUT2D eigenvalue weighted by Gasteiger charge is -2.22. The number of carbonyl (C=O) groups excluding carboxylic acids is 1. The fraction of sp³-hybridized carbons (Fsp3) is 0.429. The van der Waals surface area contributed by atoms with Crippen molar-refractivity contribution < 1.29 is 14.3 Å². The van der Waals surface area contributed by atoms with Gasteiger partial charge in [0.25, 0.3) is 0 Å². The quantitative estimate of drug-likeness (QED) is 0.717. The molecule has 116 valence electrons. The van der Waals surface area contributed by atoms with Gasteiger partial charge in [0, 0.05) is 32.3 Å². The van der Waals surface area contributed by atoms with Gasteiger partial charge in [-0.15, -0.1) is 0 Å². The maximum absolute atomic E-state index is 12.2. The molecule has 2 amide bonds. The first-order valence-corrected chi connectivity index (χ1v) is 6.95. The van der Waals surface area contributed by atoms with E-state index >= 15 is 0 Å². The van der Waals surface area contributed by atoms with Crippen molar-refractivity contribution in [3.05, 3.63) is 24.3 Å². The van der Waals surface area contributed by atoms with Gasteiger partial charge >= 0.3 is 6.03 Å². The van der Waals surface area contributed by atoms with E-state index in [1.807, 2.05) is 0 Å². The Morgan fingerprint density at radius 3 is 2.48 bits per heavy atom. The van der Waals surface area contributed by atoms with Crippen LogP contribution in [0, 0.1) is 0 Å². The summed E-state index contributed by atoms with van der Waals surface area (Å²) in [5.41, 5.74) is 6.18. The Morgan fingerprint density at radius 2 is 1.95 bits per heavy atom. The van der Waals surface area contributed by atoms with Gasteiger partial charge in [0.05, 0.1) is 18.7 Å². The molecule has 0 aliphatic heterocycles. The topological polar surface area (TPSA) is 76.8 Å². The Bertz CT molecular complexity index is 465. The number of ether oxygens (including phenoxy) is 2. The lowest BCUT2D eigenvalue weighted by atomic mass is 10.3. The van der Waals surface area contributed by atoms with Crippen LogP contribution >= 0.6 is 12.2 Å². The largest absolute Gasteiger partial charge is 0.497 e. The Labute approximate surface area is 130 Å². The summed E-state index contributed by atoms with van der Waals surface area (Å²) < 4.78 is 10.1. The second-order valence-corrected chi connectivity index (χ2v) is 4.88. The average molecular weight is 311 g/mol. The van der Waals surface area contributed by atoms with E-state index in [0.717, 1.165) is 5.75 Å². The van der Waals surface area contributed by atoms with E-state index in [0.29, 0.717) is 36.8 Å². The van der Waals surface area contributed by atoms with Crippen LogP contribution in [0.2, 0.25) is 0 Å². The van der Waals surface area contributed by atoms with Crippen LogP contribution in [0.5, 0.6) is 5.75 Å². The Kier molecular flexibility index (Phi) is 7.49. The highest BCUT2D eigenvalue weighted by molar-refractivity contribution is 7.80. The van der Waals surface area contributed by atoms with Gasteiger partial charge in [-0.3, -0.25) is 0 Å². The Balaban J connectivity index is 2.62. The molecule has 1 aromatic carbocycles. The number of hydrogen-bond donors (Lipinski definition) is 2. The monoisotopic (exact) mass is 311 g/mol. The van der Waals surface area contributed by atoms with E-state index in [2.05, 4.69) is 5.32 Å².